The van der Waals surface area contributed by atoms with Crippen molar-refractivity contribution in [3.63, 3.8) is 0 Å². The second-order valence-corrected chi connectivity index (χ2v) is 7.00. The van der Waals surface area contributed by atoms with Gasteiger partial charge in [-0.3, -0.25) is 4.79 Å². The van der Waals surface area contributed by atoms with E-state index >= 15 is 0 Å². The molecule has 0 fully saturated rings. The number of rotatable bonds is 7. The normalized spacial score (nSPS) is 10.6. The van der Waals surface area contributed by atoms with Crippen LogP contribution < -0.4 is 4.90 Å². The molecule has 0 aliphatic carbocycles. The molecule has 0 saturated carbocycles. The second-order valence-electron chi connectivity index (χ2n) is 6.06. The molecule has 0 atom stereocenters. The second kappa shape index (κ2) is 8.64. The number of anilines is 1. The highest BCUT2D eigenvalue weighted by molar-refractivity contribution is 7.99. The lowest BCUT2D eigenvalue weighted by Gasteiger charge is -2.21. The van der Waals surface area contributed by atoms with Crippen LogP contribution in [0, 0.1) is 13.8 Å². The van der Waals surface area contributed by atoms with Gasteiger partial charge in [-0.15, -0.1) is 11.7 Å². The van der Waals surface area contributed by atoms with E-state index in [0.29, 0.717) is 11.7 Å². The summed E-state index contributed by atoms with van der Waals surface area (Å²) in [4.78, 5) is 14.5. The molecule has 1 heterocycles. The highest BCUT2D eigenvalue weighted by Crippen LogP contribution is 2.22. The van der Waals surface area contributed by atoms with Crippen LogP contribution in [0.2, 0.25) is 0 Å². The lowest BCUT2D eigenvalue weighted by molar-refractivity contribution is -0.116. The minimum Gasteiger partial charge on any atom is -0.308 e. The Morgan fingerprint density at radius 3 is 2.67 bits per heavy atom. The molecule has 138 valence electrons. The molecule has 0 spiro atoms. The highest BCUT2D eigenvalue weighted by Gasteiger charge is 2.17. The Balaban J connectivity index is 1.75. The third-order valence-electron chi connectivity index (χ3n) is 4.18. The summed E-state index contributed by atoms with van der Waals surface area (Å²) in [5, 5.41) is 12.5. The maximum atomic E-state index is 12.8. The molecule has 6 nitrogen and oxygen atoms in total. The number of hydrogen-bond acceptors (Lipinski definition) is 5. The number of hydrogen-bond donors (Lipinski definition) is 0. The SMILES string of the molecule is C=CCN(C(=O)CSc1nnnn1-c1ccc(C)c(C)c1)c1ccccc1. The summed E-state index contributed by atoms with van der Waals surface area (Å²) in [6, 6.07) is 15.6. The molecule has 7 heteroatoms. The van der Waals surface area contributed by atoms with E-state index in [9.17, 15) is 4.79 Å². The van der Waals surface area contributed by atoms with Gasteiger partial charge in [0.15, 0.2) is 0 Å². The van der Waals surface area contributed by atoms with Gasteiger partial charge in [-0.05, 0) is 59.7 Å². The number of carbonyl (C=O) groups excluding carboxylic acids is 1. The number of aromatic nitrogens is 4. The summed E-state index contributed by atoms with van der Waals surface area (Å²) in [5.41, 5.74) is 4.09. The summed E-state index contributed by atoms with van der Waals surface area (Å²) in [7, 11) is 0. The maximum Gasteiger partial charge on any atom is 0.237 e. The van der Waals surface area contributed by atoms with Crippen LogP contribution in [-0.4, -0.2) is 38.4 Å². The first-order chi connectivity index (χ1) is 13.1. The Hall–Kier alpha value is -2.93. The van der Waals surface area contributed by atoms with Gasteiger partial charge in [0.2, 0.25) is 11.1 Å². The fourth-order valence-electron chi connectivity index (χ4n) is 2.58. The van der Waals surface area contributed by atoms with Gasteiger partial charge in [-0.25, -0.2) is 0 Å². The van der Waals surface area contributed by atoms with Crippen molar-refractivity contribution in [1.29, 1.82) is 0 Å². The van der Waals surface area contributed by atoms with E-state index in [2.05, 4.69) is 29.0 Å². The van der Waals surface area contributed by atoms with Gasteiger partial charge in [0, 0.05) is 12.2 Å². The number of carbonyl (C=O) groups is 1. The van der Waals surface area contributed by atoms with Gasteiger partial charge in [-0.2, -0.15) is 4.68 Å². The number of thioether (sulfide) groups is 1. The molecule has 1 aromatic heterocycles. The third-order valence-corrected chi connectivity index (χ3v) is 5.09. The summed E-state index contributed by atoms with van der Waals surface area (Å²) >= 11 is 1.32. The fraction of sp³-hybridized carbons (Fsp3) is 0.200. The summed E-state index contributed by atoms with van der Waals surface area (Å²) in [6.07, 6.45) is 1.72. The van der Waals surface area contributed by atoms with Crippen molar-refractivity contribution < 1.29 is 4.79 Å². The Kier molecular flexibility index (Phi) is 6.03. The standard InChI is InChI=1S/C20H21N5OS/c1-4-12-24(17-8-6-5-7-9-17)19(26)14-27-20-21-22-23-25(20)18-11-10-15(2)16(3)13-18/h4-11,13H,1,12,14H2,2-3H3. The molecule has 0 aliphatic heterocycles. The molecule has 27 heavy (non-hydrogen) atoms. The number of benzene rings is 2. The fourth-order valence-corrected chi connectivity index (χ4v) is 3.35. The smallest absolute Gasteiger partial charge is 0.237 e. The van der Waals surface area contributed by atoms with E-state index in [1.807, 2.05) is 55.5 Å². The molecule has 0 saturated heterocycles. The number of amides is 1. The van der Waals surface area contributed by atoms with E-state index < -0.39 is 0 Å². The van der Waals surface area contributed by atoms with Crippen molar-refractivity contribution in [2.24, 2.45) is 0 Å². The molecule has 3 rings (SSSR count). The zero-order valence-corrected chi connectivity index (χ0v) is 16.2. The first-order valence-corrected chi connectivity index (χ1v) is 9.54. The van der Waals surface area contributed by atoms with Crippen molar-refractivity contribution in [2.45, 2.75) is 19.0 Å². The van der Waals surface area contributed by atoms with Crippen molar-refractivity contribution in [3.8, 4) is 5.69 Å². The van der Waals surface area contributed by atoms with E-state index in [4.69, 9.17) is 0 Å². The van der Waals surface area contributed by atoms with E-state index in [1.165, 1.54) is 17.3 Å². The first kappa shape index (κ1) is 18.8. The molecule has 3 aromatic rings. The quantitative estimate of drug-likeness (QED) is 0.464. The average Bonchev–Trinajstić information content (AvgIpc) is 3.15. The largest absolute Gasteiger partial charge is 0.308 e. The molecule has 0 radical (unpaired) electrons. The van der Waals surface area contributed by atoms with Crippen LogP contribution in [-0.2, 0) is 4.79 Å². The zero-order chi connectivity index (χ0) is 19.2. The Labute approximate surface area is 162 Å². The molecular weight excluding hydrogens is 358 g/mol. The number of para-hydroxylation sites is 1. The molecule has 0 bridgehead atoms. The topological polar surface area (TPSA) is 63.9 Å². The van der Waals surface area contributed by atoms with E-state index in [1.54, 1.807) is 15.7 Å². The zero-order valence-electron chi connectivity index (χ0n) is 15.4. The minimum absolute atomic E-state index is 0.0271. The number of nitrogens with zero attached hydrogens (tertiary/aromatic N) is 5. The van der Waals surface area contributed by atoms with Crippen molar-refractivity contribution in [2.75, 3.05) is 17.2 Å². The van der Waals surface area contributed by atoms with Gasteiger partial charge in [0.1, 0.15) is 0 Å². The summed E-state index contributed by atoms with van der Waals surface area (Å²) in [6.45, 7) is 8.31. The van der Waals surface area contributed by atoms with E-state index in [0.717, 1.165) is 16.9 Å². The van der Waals surface area contributed by atoms with Crippen LogP contribution in [0.15, 0.2) is 66.3 Å². The maximum absolute atomic E-state index is 12.8. The van der Waals surface area contributed by atoms with Crippen LogP contribution in [0.25, 0.3) is 5.69 Å². The number of tetrazole rings is 1. The molecular formula is C20H21N5OS. The van der Waals surface area contributed by atoms with Gasteiger partial charge in [0.25, 0.3) is 0 Å². The minimum atomic E-state index is -0.0271. The molecule has 1 amide bonds. The van der Waals surface area contributed by atoms with Crippen molar-refractivity contribution in [3.05, 3.63) is 72.3 Å². The third kappa shape index (κ3) is 4.43. The van der Waals surface area contributed by atoms with Crippen LogP contribution >= 0.6 is 11.8 Å². The van der Waals surface area contributed by atoms with Crippen molar-refractivity contribution in [1.82, 2.24) is 20.2 Å². The van der Waals surface area contributed by atoms with Gasteiger partial charge < -0.3 is 4.90 Å². The summed E-state index contributed by atoms with van der Waals surface area (Å²) in [5.74, 6) is 0.203. The predicted molar refractivity (Wildman–Crippen MR) is 108 cm³/mol. The Bertz CT molecular complexity index is 939. The van der Waals surface area contributed by atoms with E-state index in [-0.39, 0.29) is 11.7 Å². The first-order valence-electron chi connectivity index (χ1n) is 8.55. The number of aryl methyl sites for hydroxylation is 2. The molecule has 2 aromatic carbocycles. The Morgan fingerprint density at radius 2 is 1.96 bits per heavy atom. The van der Waals surface area contributed by atoms with Crippen LogP contribution in [0.3, 0.4) is 0 Å². The van der Waals surface area contributed by atoms with Gasteiger partial charge in [-0.1, -0.05) is 42.1 Å². The molecule has 0 aliphatic rings. The van der Waals surface area contributed by atoms with Gasteiger partial charge >= 0.3 is 0 Å². The lowest BCUT2D eigenvalue weighted by Crippen LogP contribution is -2.32. The highest BCUT2D eigenvalue weighted by atomic mass is 32.2. The Morgan fingerprint density at radius 1 is 1.19 bits per heavy atom. The lowest BCUT2D eigenvalue weighted by atomic mass is 10.1. The van der Waals surface area contributed by atoms with Gasteiger partial charge in [0.05, 0.1) is 11.4 Å². The molecule has 0 unspecified atom stereocenters. The van der Waals surface area contributed by atoms with Crippen LogP contribution in [0.1, 0.15) is 11.1 Å². The van der Waals surface area contributed by atoms with Crippen LogP contribution in [0.5, 0.6) is 0 Å². The summed E-state index contributed by atoms with van der Waals surface area (Å²) < 4.78 is 1.66. The van der Waals surface area contributed by atoms with Crippen molar-refractivity contribution >= 4 is 23.4 Å². The molecule has 0 N–H and O–H groups in total. The predicted octanol–water partition coefficient (Wildman–Crippen LogP) is 3.59. The van der Waals surface area contributed by atoms with Crippen LogP contribution in [0.4, 0.5) is 5.69 Å². The monoisotopic (exact) mass is 379 g/mol. The average molecular weight is 379 g/mol.